The molecule has 4 nitrogen and oxygen atoms in total. The molecule has 1 saturated carbocycles. The molecule has 1 aliphatic carbocycles. The molecule has 1 fully saturated rings. The molecule has 1 aromatic rings. The molecule has 4 heteroatoms. The molecule has 0 spiro atoms. The second-order valence-electron chi connectivity index (χ2n) is 4.22. The summed E-state index contributed by atoms with van der Waals surface area (Å²) in [6.45, 7) is 2.07. The van der Waals surface area contributed by atoms with Crippen LogP contribution < -0.4 is 11.1 Å². The summed E-state index contributed by atoms with van der Waals surface area (Å²) in [6, 6.07) is 1.65. The van der Waals surface area contributed by atoms with Crippen LogP contribution in [0.15, 0.2) is 12.3 Å². The molecule has 1 amide bonds. The van der Waals surface area contributed by atoms with Crippen molar-refractivity contribution in [3.8, 4) is 0 Å². The van der Waals surface area contributed by atoms with Crippen molar-refractivity contribution in [3.63, 3.8) is 0 Å². The van der Waals surface area contributed by atoms with Gasteiger partial charge in [0.25, 0.3) is 5.91 Å². The molecule has 0 aromatic carbocycles. The summed E-state index contributed by atoms with van der Waals surface area (Å²) >= 11 is 0. The third kappa shape index (κ3) is 1.60. The Balaban J connectivity index is 2.02. The predicted octanol–water partition coefficient (Wildman–Crippen LogP) is 1.27. The number of nitrogen functional groups attached to an aromatic ring is 1. The van der Waals surface area contributed by atoms with Crippen LogP contribution in [0, 0.1) is 0 Å². The van der Waals surface area contributed by atoms with Crippen molar-refractivity contribution < 1.29 is 4.79 Å². The Hall–Kier alpha value is -1.45. The van der Waals surface area contributed by atoms with E-state index in [1.165, 1.54) is 6.42 Å². The van der Waals surface area contributed by atoms with Crippen LogP contribution in [0.4, 0.5) is 5.69 Å². The Morgan fingerprint density at radius 3 is 2.79 bits per heavy atom. The molecule has 4 N–H and O–H groups in total. The highest BCUT2D eigenvalue weighted by Gasteiger charge is 2.33. The average molecular weight is 193 g/mol. The molecule has 1 aromatic heterocycles. The van der Waals surface area contributed by atoms with Gasteiger partial charge in [0.2, 0.25) is 0 Å². The normalized spacial score (nSPS) is 18.6. The van der Waals surface area contributed by atoms with Crippen LogP contribution in [0.25, 0.3) is 0 Å². The van der Waals surface area contributed by atoms with E-state index in [2.05, 4.69) is 17.2 Å². The van der Waals surface area contributed by atoms with Gasteiger partial charge in [-0.2, -0.15) is 0 Å². The summed E-state index contributed by atoms with van der Waals surface area (Å²) in [5, 5.41) is 3.00. The first-order chi connectivity index (χ1) is 6.59. The van der Waals surface area contributed by atoms with Gasteiger partial charge in [0.1, 0.15) is 5.69 Å². The Kier molecular flexibility index (Phi) is 1.98. The quantitative estimate of drug-likeness (QED) is 0.662. The highest BCUT2D eigenvalue weighted by molar-refractivity contribution is 5.93. The molecule has 14 heavy (non-hydrogen) atoms. The Morgan fingerprint density at radius 1 is 1.64 bits per heavy atom. The first-order valence-electron chi connectivity index (χ1n) is 4.85. The lowest BCUT2D eigenvalue weighted by Gasteiger charge is -2.38. The van der Waals surface area contributed by atoms with E-state index < -0.39 is 0 Å². The summed E-state index contributed by atoms with van der Waals surface area (Å²) in [5.41, 5.74) is 6.64. The fourth-order valence-corrected chi connectivity index (χ4v) is 1.72. The van der Waals surface area contributed by atoms with E-state index in [1.807, 2.05) is 0 Å². The zero-order valence-electron chi connectivity index (χ0n) is 8.26. The van der Waals surface area contributed by atoms with Gasteiger partial charge in [0, 0.05) is 17.4 Å². The smallest absolute Gasteiger partial charge is 0.268 e. The number of nitrogens with one attached hydrogen (secondary N) is 2. The van der Waals surface area contributed by atoms with Crippen molar-refractivity contribution in [2.75, 3.05) is 5.73 Å². The highest BCUT2D eigenvalue weighted by atomic mass is 16.2. The highest BCUT2D eigenvalue weighted by Crippen LogP contribution is 2.31. The van der Waals surface area contributed by atoms with Crippen molar-refractivity contribution >= 4 is 11.6 Å². The number of carbonyl (C=O) groups excluding carboxylic acids is 1. The first-order valence-corrected chi connectivity index (χ1v) is 4.85. The van der Waals surface area contributed by atoms with E-state index in [0.717, 1.165) is 12.8 Å². The second kappa shape index (κ2) is 3.04. The maximum absolute atomic E-state index is 11.7. The standard InChI is InChI=1S/C10H15N3O/c1-10(3-2-4-10)13-9(14)8-5-7(11)6-12-8/h5-6,12H,2-4,11H2,1H3,(H,13,14). The van der Waals surface area contributed by atoms with Crippen molar-refractivity contribution in [3.05, 3.63) is 18.0 Å². The zero-order valence-corrected chi connectivity index (χ0v) is 8.26. The van der Waals surface area contributed by atoms with Crippen LogP contribution in [0.2, 0.25) is 0 Å². The number of amides is 1. The van der Waals surface area contributed by atoms with E-state index in [-0.39, 0.29) is 11.4 Å². The minimum Gasteiger partial charge on any atom is -0.397 e. The number of aromatic amines is 1. The fourth-order valence-electron chi connectivity index (χ4n) is 1.72. The SMILES string of the molecule is CC1(NC(=O)c2cc(N)c[nH]2)CCC1. The lowest BCUT2D eigenvalue weighted by molar-refractivity contribution is 0.0846. The molecule has 0 aliphatic heterocycles. The second-order valence-corrected chi connectivity index (χ2v) is 4.22. The van der Waals surface area contributed by atoms with Crippen LogP contribution in [-0.2, 0) is 0 Å². The Labute approximate surface area is 82.9 Å². The number of anilines is 1. The number of rotatable bonds is 2. The monoisotopic (exact) mass is 193 g/mol. The summed E-state index contributed by atoms with van der Waals surface area (Å²) < 4.78 is 0. The van der Waals surface area contributed by atoms with Gasteiger partial charge in [-0.15, -0.1) is 0 Å². The van der Waals surface area contributed by atoms with E-state index in [9.17, 15) is 4.79 Å². The van der Waals surface area contributed by atoms with Gasteiger partial charge in [-0.3, -0.25) is 4.79 Å². The number of aromatic nitrogens is 1. The maximum atomic E-state index is 11.7. The topological polar surface area (TPSA) is 70.9 Å². The molecular formula is C10H15N3O. The number of H-pyrrole nitrogens is 1. The Morgan fingerprint density at radius 2 is 2.36 bits per heavy atom. The van der Waals surface area contributed by atoms with Crippen molar-refractivity contribution in [2.24, 2.45) is 0 Å². The van der Waals surface area contributed by atoms with Crippen molar-refractivity contribution in [2.45, 2.75) is 31.7 Å². The number of hydrogen-bond acceptors (Lipinski definition) is 2. The van der Waals surface area contributed by atoms with Gasteiger partial charge in [0.05, 0.1) is 0 Å². The third-order valence-electron chi connectivity index (χ3n) is 2.82. The maximum Gasteiger partial charge on any atom is 0.268 e. The van der Waals surface area contributed by atoms with Crippen LogP contribution in [0.5, 0.6) is 0 Å². The number of hydrogen-bond donors (Lipinski definition) is 3. The average Bonchev–Trinajstić information content (AvgIpc) is 2.49. The van der Waals surface area contributed by atoms with Gasteiger partial charge in [-0.05, 0) is 32.3 Å². The van der Waals surface area contributed by atoms with Crippen LogP contribution >= 0.6 is 0 Å². The van der Waals surface area contributed by atoms with Crippen LogP contribution in [-0.4, -0.2) is 16.4 Å². The molecule has 0 bridgehead atoms. The van der Waals surface area contributed by atoms with Crippen molar-refractivity contribution in [1.29, 1.82) is 0 Å². The molecule has 0 saturated heterocycles. The number of nitrogens with two attached hydrogens (primary N) is 1. The van der Waals surface area contributed by atoms with Gasteiger partial charge < -0.3 is 16.0 Å². The molecule has 2 rings (SSSR count). The minimum absolute atomic E-state index is 0.00302. The largest absolute Gasteiger partial charge is 0.397 e. The van der Waals surface area contributed by atoms with E-state index in [0.29, 0.717) is 11.4 Å². The zero-order chi connectivity index (χ0) is 10.2. The molecule has 0 radical (unpaired) electrons. The molecule has 0 unspecified atom stereocenters. The molecular weight excluding hydrogens is 178 g/mol. The van der Waals surface area contributed by atoms with E-state index >= 15 is 0 Å². The van der Waals surface area contributed by atoms with Gasteiger partial charge in [-0.25, -0.2) is 0 Å². The van der Waals surface area contributed by atoms with Gasteiger partial charge >= 0.3 is 0 Å². The summed E-state index contributed by atoms with van der Waals surface area (Å²) in [4.78, 5) is 14.5. The van der Waals surface area contributed by atoms with E-state index in [4.69, 9.17) is 5.73 Å². The summed E-state index contributed by atoms with van der Waals surface area (Å²) in [7, 11) is 0. The minimum atomic E-state index is -0.0658. The summed E-state index contributed by atoms with van der Waals surface area (Å²) in [6.07, 6.45) is 4.95. The molecule has 1 heterocycles. The lowest BCUT2D eigenvalue weighted by Crippen LogP contribution is -2.51. The molecule has 76 valence electrons. The van der Waals surface area contributed by atoms with Gasteiger partial charge in [-0.1, -0.05) is 0 Å². The fraction of sp³-hybridized carbons (Fsp3) is 0.500. The predicted molar refractivity (Wildman–Crippen MR) is 54.9 cm³/mol. The first kappa shape index (κ1) is 9.12. The molecule has 0 atom stereocenters. The van der Waals surface area contributed by atoms with E-state index in [1.54, 1.807) is 12.3 Å². The third-order valence-corrected chi connectivity index (χ3v) is 2.82. The van der Waals surface area contributed by atoms with Gasteiger partial charge in [0.15, 0.2) is 0 Å². The molecule has 1 aliphatic rings. The van der Waals surface area contributed by atoms with Crippen LogP contribution in [0.3, 0.4) is 0 Å². The van der Waals surface area contributed by atoms with Crippen LogP contribution in [0.1, 0.15) is 36.7 Å². The summed E-state index contributed by atoms with van der Waals surface area (Å²) in [5.74, 6) is -0.0658. The number of carbonyl (C=O) groups is 1. The Bertz CT molecular complexity index is 352. The lowest BCUT2D eigenvalue weighted by atomic mass is 9.78. The van der Waals surface area contributed by atoms with Crippen molar-refractivity contribution in [1.82, 2.24) is 10.3 Å².